The van der Waals surface area contributed by atoms with Crippen LogP contribution in [0.25, 0.3) is 0 Å². The van der Waals surface area contributed by atoms with Gasteiger partial charge in [-0.05, 0) is 19.1 Å². The van der Waals surface area contributed by atoms with Gasteiger partial charge in [-0.1, -0.05) is 6.07 Å². The van der Waals surface area contributed by atoms with Gasteiger partial charge in [0.1, 0.15) is 11.8 Å². The lowest BCUT2D eigenvalue weighted by molar-refractivity contribution is -0.274. The normalized spacial score (nSPS) is 20.0. The van der Waals surface area contributed by atoms with Crippen LogP contribution in [0.5, 0.6) is 5.75 Å². The second-order valence-electron chi connectivity index (χ2n) is 4.57. The van der Waals surface area contributed by atoms with Gasteiger partial charge in [0.05, 0.1) is 0 Å². The number of hydrogen-bond donors (Lipinski definition) is 1. The van der Waals surface area contributed by atoms with E-state index < -0.39 is 18.2 Å². The number of hydrogen-bond acceptors (Lipinski definition) is 3. The average molecular weight is 302 g/mol. The topological polar surface area (TPSA) is 58.6 Å². The second-order valence-corrected chi connectivity index (χ2v) is 4.57. The van der Waals surface area contributed by atoms with Crippen LogP contribution in [0.2, 0.25) is 0 Å². The fraction of sp³-hybridized carbons (Fsp3) is 0.385. The predicted molar refractivity (Wildman–Crippen MR) is 67.7 cm³/mol. The molecule has 1 aromatic rings. The molecule has 1 unspecified atom stereocenters. The van der Waals surface area contributed by atoms with Crippen LogP contribution in [0, 0.1) is 0 Å². The fourth-order valence-electron chi connectivity index (χ4n) is 2.04. The summed E-state index contributed by atoms with van der Waals surface area (Å²) in [4.78, 5) is 24.8. The summed E-state index contributed by atoms with van der Waals surface area (Å²) >= 11 is 0. The zero-order valence-corrected chi connectivity index (χ0v) is 11.1. The Kier molecular flexibility index (Phi) is 4.06. The molecule has 0 spiro atoms. The molecule has 1 saturated heterocycles. The lowest BCUT2D eigenvalue weighted by atomic mass is 10.2. The van der Waals surface area contributed by atoms with Crippen molar-refractivity contribution in [1.82, 2.24) is 5.32 Å². The molecule has 0 saturated carbocycles. The van der Waals surface area contributed by atoms with Gasteiger partial charge < -0.3 is 15.0 Å². The molecule has 21 heavy (non-hydrogen) atoms. The molecule has 2 amide bonds. The van der Waals surface area contributed by atoms with Gasteiger partial charge in [0.25, 0.3) is 0 Å². The first-order valence-corrected chi connectivity index (χ1v) is 6.23. The minimum absolute atomic E-state index is 0.0838. The molecule has 1 aliphatic heterocycles. The monoisotopic (exact) mass is 302 g/mol. The van der Waals surface area contributed by atoms with E-state index in [2.05, 4.69) is 10.1 Å². The van der Waals surface area contributed by atoms with Gasteiger partial charge in [0.2, 0.25) is 11.8 Å². The van der Waals surface area contributed by atoms with Crippen molar-refractivity contribution in [2.45, 2.75) is 25.7 Å². The van der Waals surface area contributed by atoms with Crippen molar-refractivity contribution in [2.24, 2.45) is 0 Å². The fourth-order valence-corrected chi connectivity index (χ4v) is 2.04. The number of nitrogens with zero attached hydrogens (tertiary/aromatic N) is 1. The number of carbonyl (C=O) groups excluding carboxylic acids is 2. The van der Waals surface area contributed by atoms with Crippen molar-refractivity contribution in [2.75, 3.05) is 11.4 Å². The summed E-state index contributed by atoms with van der Waals surface area (Å²) in [5, 5.41) is 2.50. The smallest absolute Gasteiger partial charge is 0.406 e. The van der Waals surface area contributed by atoms with E-state index in [4.69, 9.17) is 0 Å². The van der Waals surface area contributed by atoms with Crippen LogP contribution >= 0.6 is 0 Å². The van der Waals surface area contributed by atoms with Crippen molar-refractivity contribution in [3.8, 4) is 5.75 Å². The molecule has 1 fully saturated rings. The van der Waals surface area contributed by atoms with Crippen LogP contribution in [0.1, 0.15) is 13.3 Å². The Balaban J connectivity index is 2.26. The number of carbonyl (C=O) groups is 2. The molecule has 1 N–H and O–H groups in total. The lowest BCUT2D eigenvalue weighted by Crippen LogP contribution is -2.42. The first-order valence-electron chi connectivity index (χ1n) is 6.23. The SMILES string of the molecule is CC1NC(=O)CCN(c2cccc(OC(F)(F)F)c2)C1=O. The van der Waals surface area contributed by atoms with Gasteiger partial charge in [-0.2, -0.15) is 0 Å². The number of halogens is 3. The molecule has 1 atom stereocenters. The minimum Gasteiger partial charge on any atom is -0.406 e. The van der Waals surface area contributed by atoms with Gasteiger partial charge in [-0.3, -0.25) is 9.59 Å². The Hall–Kier alpha value is -2.25. The number of anilines is 1. The van der Waals surface area contributed by atoms with Crippen molar-refractivity contribution in [3.05, 3.63) is 24.3 Å². The van der Waals surface area contributed by atoms with E-state index in [1.807, 2.05) is 0 Å². The molecule has 1 aliphatic rings. The maximum absolute atomic E-state index is 12.2. The maximum atomic E-state index is 12.2. The van der Waals surface area contributed by atoms with E-state index in [0.29, 0.717) is 0 Å². The van der Waals surface area contributed by atoms with E-state index in [-0.39, 0.29) is 30.5 Å². The molecule has 0 aromatic heterocycles. The van der Waals surface area contributed by atoms with Crippen LogP contribution in [0.15, 0.2) is 24.3 Å². The lowest BCUT2D eigenvalue weighted by Gasteiger charge is -2.23. The molecule has 0 radical (unpaired) electrons. The largest absolute Gasteiger partial charge is 0.573 e. The van der Waals surface area contributed by atoms with Gasteiger partial charge in [-0.25, -0.2) is 0 Å². The Bertz CT molecular complexity index is 560. The van der Waals surface area contributed by atoms with Crippen molar-refractivity contribution in [3.63, 3.8) is 0 Å². The molecule has 1 aromatic carbocycles. The number of ether oxygens (including phenoxy) is 1. The quantitative estimate of drug-likeness (QED) is 0.906. The third-order valence-corrected chi connectivity index (χ3v) is 2.94. The van der Waals surface area contributed by atoms with Crippen LogP contribution in [0.3, 0.4) is 0 Å². The van der Waals surface area contributed by atoms with Crippen LogP contribution in [-0.2, 0) is 9.59 Å². The van der Waals surface area contributed by atoms with E-state index in [0.717, 1.165) is 12.1 Å². The highest BCUT2D eigenvalue weighted by atomic mass is 19.4. The number of amides is 2. The van der Waals surface area contributed by atoms with Crippen LogP contribution in [-0.4, -0.2) is 30.8 Å². The highest BCUT2D eigenvalue weighted by Crippen LogP contribution is 2.27. The summed E-state index contributed by atoms with van der Waals surface area (Å²) < 4.78 is 40.5. The number of benzene rings is 1. The molecular weight excluding hydrogens is 289 g/mol. The predicted octanol–water partition coefficient (Wildman–Crippen LogP) is 1.83. The summed E-state index contributed by atoms with van der Waals surface area (Å²) in [5.41, 5.74) is 0.255. The summed E-state index contributed by atoms with van der Waals surface area (Å²) in [6.45, 7) is 1.62. The first kappa shape index (κ1) is 15.1. The zero-order chi connectivity index (χ0) is 15.6. The van der Waals surface area contributed by atoms with Crippen molar-refractivity contribution < 1.29 is 27.5 Å². The number of rotatable bonds is 2. The van der Waals surface area contributed by atoms with Gasteiger partial charge in [0.15, 0.2) is 0 Å². The molecular formula is C13H13F3N2O3. The Morgan fingerprint density at radius 1 is 1.33 bits per heavy atom. The van der Waals surface area contributed by atoms with E-state index >= 15 is 0 Å². The third-order valence-electron chi connectivity index (χ3n) is 2.94. The van der Waals surface area contributed by atoms with E-state index in [1.54, 1.807) is 0 Å². The van der Waals surface area contributed by atoms with Crippen LogP contribution in [0.4, 0.5) is 18.9 Å². The molecule has 114 valence electrons. The molecule has 1 heterocycles. The van der Waals surface area contributed by atoms with Gasteiger partial charge in [0, 0.05) is 24.7 Å². The summed E-state index contributed by atoms with van der Waals surface area (Å²) in [7, 11) is 0. The summed E-state index contributed by atoms with van der Waals surface area (Å²) in [5.74, 6) is -1.07. The first-order chi connectivity index (χ1) is 9.76. The molecule has 0 aliphatic carbocycles. The van der Waals surface area contributed by atoms with Gasteiger partial charge >= 0.3 is 6.36 Å². The Morgan fingerprint density at radius 2 is 2.05 bits per heavy atom. The van der Waals surface area contributed by atoms with Crippen molar-refractivity contribution >= 4 is 17.5 Å². The number of alkyl halides is 3. The Morgan fingerprint density at radius 3 is 2.71 bits per heavy atom. The summed E-state index contributed by atoms with van der Waals surface area (Å²) in [6, 6.07) is 4.38. The molecule has 0 bridgehead atoms. The maximum Gasteiger partial charge on any atom is 0.573 e. The average Bonchev–Trinajstić information content (AvgIpc) is 2.48. The standard InChI is InChI=1S/C13H13F3N2O3/c1-8-12(20)18(6-5-11(19)17-8)9-3-2-4-10(7-9)21-13(14,15)16/h2-4,7-8H,5-6H2,1H3,(H,17,19). The molecule has 2 rings (SSSR count). The highest BCUT2D eigenvalue weighted by Gasteiger charge is 2.32. The van der Waals surface area contributed by atoms with Gasteiger partial charge in [-0.15, -0.1) is 13.2 Å². The van der Waals surface area contributed by atoms with E-state index in [9.17, 15) is 22.8 Å². The highest BCUT2D eigenvalue weighted by molar-refractivity contribution is 6.01. The van der Waals surface area contributed by atoms with E-state index in [1.165, 1.54) is 24.0 Å². The Labute approximate surface area is 118 Å². The number of nitrogens with one attached hydrogen (secondary N) is 1. The summed E-state index contributed by atoms with van der Waals surface area (Å²) in [6.07, 6.45) is -4.72. The minimum atomic E-state index is -4.80. The zero-order valence-electron chi connectivity index (χ0n) is 11.1. The van der Waals surface area contributed by atoms with Crippen molar-refractivity contribution in [1.29, 1.82) is 0 Å². The second kappa shape index (κ2) is 5.63. The molecule has 8 heteroatoms. The third kappa shape index (κ3) is 3.87. The molecule has 5 nitrogen and oxygen atoms in total. The van der Waals surface area contributed by atoms with Crippen LogP contribution < -0.4 is 15.0 Å².